The summed E-state index contributed by atoms with van der Waals surface area (Å²) in [6.45, 7) is 1.80. The molecule has 466 valence electrons. The molecule has 3 fully saturated rings. The summed E-state index contributed by atoms with van der Waals surface area (Å²) in [6.07, 6.45) is 17.2. The highest BCUT2D eigenvalue weighted by Crippen LogP contribution is 2.33. The summed E-state index contributed by atoms with van der Waals surface area (Å²) in [6, 6.07) is -0.888. The summed E-state index contributed by atoms with van der Waals surface area (Å²) in [4.78, 5) is 13.3. The Hall–Kier alpha value is -1.47. The van der Waals surface area contributed by atoms with E-state index in [1.165, 1.54) is 135 Å². The van der Waals surface area contributed by atoms with E-state index >= 15 is 0 Å². The molecule has 3 heterocycles. The molecule has 0 bridgehead atoms. The number of aliphatic hydroxyl groups is 11. The van der Waals surface area contributed by atoms with E-state index in [0.717, 1.165) is 64.2 Å². The predicted octanol–water partition coefficient (Wildman–Crippen LogP) is 6.16. The van der Waals surface area contributed by atoms with Crippen LogP contribution in [0.25, 0.3) is 0 Å². The molecule has 19 heteroatoms. The Morgan fingerprint density at radius 2 is 0.797 bits per heavy atom. The van der Waals surface area contributed by atoms with E-state index in [1.807, 2.05) is 0 Å². The summed E-state index contributed by atoms with van der Waals surface area (Å²) >= 11 is 0. The maximum absolute atomic E-state index is 13.3. The standard InChI is InChI=1S/C60H113NO18/c1-3-5-7-9-11-13-15-17-19-21-22-23-25-27-29-31-33-35-37-44(65)43(61-48(66)38-36-34-32-30-28-26-24-20-18-16-14-12-10-8-6-4-2)42-74-58-54(72)51(69)56(46(40-63)76-58)79-60-55(73)52(70)57(47(41-64)77-60)78-59-53(71)50(68)49(67)45(39-62)75-59/h20,24,43-47,49-60,62-65,67-73H,3-19,21-23,25-42H2,1-2H3,(H,61,66)/b24-20-. The van der Waals surface area contributed by atoms with Gasteiger partial charge in [-0.05, 0) is 38.5 Å². The van der Waals surface area contributed by atoms with Crippen molar-refractivity contribution < 1.29 is 89.4 Å². The molecule has 3 saturated heterocycles. The molecule has 3 rings (SSSR count). The molecule has 0 saturated carbocycles. The van der Waals surface area contributed by atoms with E-state index in [0.29, 0.717) is 12.8 Å². The summed E-state index contributed by atoms with van der Waals surface area (Å²) in [5.41, 5.74) is 0. The summed E-state index contributed by atoms with van der Waals surface area (Å²) in [5.74, 6) is -0.249. The van der Waals surface area contributed by atoms with Gasteiger partial charge in [0, 0.05) is 6.42 Å². The number of hydrogen-bond acceptors (Lipinski definition) is 18. The molecule has 19 nitrogen and oxygen atoms in total. The van der Waals surface area contributed by atoms with E-state index in [4.69, 9.17) is 28.4 Å². The highest BCUT2D eigenvalue weighted by Gasteiger charge is 2.53. The van der Waals surface area contributed by atoms with Crippen molar-refractivity contribution in [1.82, 2.24) is 5.32 Å². The summed E-state index contributed by atoms with van der Waals surface area (Å²) in [7, 11) is 0. The fraction of sp³-hybridized carbons (Fsp3) is 0.950. The largest absolute Gasteiger partial charge is 0.394 e. The Kier molecular flexibility index (Phi) is 40.1. The van der Waals surface area contributed by atoms with E-state index in [1.54, 1.807) is 0 Å². The molecule has 17 unspecified atom stereocenters. The van der Waals surface area contributed by atoms with Crippen molar-refractivity contribution in [1.29, 1.82) is 0 Å². The Bertz CT molecular complexity index is 1500. The van der Waals surface area contributed by atoms with Crippen LogP contribution in [0.3, 0.4) is 0 Å². The van der Waals surface area contributed by atoms with E-state index in [-0.39, 0.29) is 18.9 Å². The maximum atomic E-state index is 13.3. The monoisotopic (exact) mass is 1140 g/mol. The molecule has 0 aromatic heterocycles. The third-order valence-electron chi connectivity index (χ3n) is 16.1. The van der Waals surface area contributed by atoms with Crippen LogP contribution in [0.15, 0.2) is 12.2 Å². The van der Waals surface area contributed by atoms with Crippen LogP contribution in [0.5, 0.6) is 0 Å². The second-order valence-corrected chi connectivity index (χ2v) is 22.9. The molecule has 3 aliphatic heterocycles. The van der Waals surface area contributed by atoms with E-state index < -0.39 is 124 Å². The first kappa shape index (κ1) is 71.8. The van der Waals surface area contributed by atoms with Gasteiger partial charge in [0.05, 0.1) is 38.6 Å². The number of aliphatic hydroxyl groups excluding tert-OH is 11. The molecule has 0 spiro atoms. The lowest BCUT2D eigenvalue weighted by Gasteiger charge is -2.48. The van der Waals surface area contributed by atoms with Crippen LogP contribution in [0, 0.1) is 0 Å². The smallest absolute Gasteiger partial charge is 0.220 e. The fourth-order valence-electron chi connectivity index (χ4n) is 10.9. The van der Waals surface area contributed by atoms with Gasteiger partial charge in [-0.2, -0.15) is 0 Å². The molecule has 12 N–H and O–H groups in total. The molecule has 0 radical (unpaired) electrons. The highest BCUT2D eigenvalue weighted by molar-refractivity contribution is 5.76. The average Bonchev–Trinajstić information content (AvgIpc) is 3.49. The number of allylic oxidation sites excluding steroid dienone is 2. The third-order valence-corrected chi connectivity index (χ3v) is 16.1. The molecule has 0 aromatic carbocycles. The lowest BCUT2D eigenvalue weighted by atomic mass is 9.96. The van der Waals surface area contributed by atoms with Gasteiger partial charge in [0.15, 0.2) is 18.9 Å². The normalized spacial score (nSPS) is 30.3. The average molecular weight is 1140 g/mol. The molecule has 3 aliphatic rings. The van der Waals surface area contributed by atoms with Gasteiger partial charge < -0.3 is 89.9 Å². The van der Waals surface area contributed by atoms with Crippen molar-refractivity contribution in [3.8, 4) is 0 Å². The van der Waals surface area contributed by atoms with Crippen molar-refractivity contribution in [2.45, 2.75) is 336 Å². The van der Waals surface area contributed by atoms with Crippen molar-refractivity contribution in [3.63, 3.8) is 0 Å². The first-order valence-corrected chi connectivity index (χ1v) is 31.4. The zero-order valence-electron chi connectivity index (χ0n) is 48.6. The number of hydrogen-bond donors (Lipinski definition) is 12. The van der Waals surface area contributed by atoms with Crippen molar-refractivity contribution in [2.75, 3.05) is 26.4 Å². The molecular formula is C60H113NO18. The van der Waals surface area contributed by atoms with Crippen LogP contribution < -0.4 is 5.32 Å². The topological polar surface area (TPSA) is 307 Å². The lowest BCUT2D eigenvalue weighted by Crippen LogP contribution is -2.66. The molecule has 79 heavy (non-hydrogen) atoms. The van der Waals surface area contributed by atoms with Crippen LogP contribution in [0.4, 0.5) is 0 Å². The molecular weight excluding hydrogens is 1020 g/mol. The van der Waals surface area contributed by atoms with Crippen LogP contribution in [-0.4, -0.2) is 193 Å². The van der Waals surface area contributed by atoms with Crippen LogP contribution in [0.2, 0.25) is 0 Å². The first-order valence-electron chi connectivity index (χ1n) is 31.4. The van der Waals surface area contributed by atoms with Gasteiger partial charge in [0.2, 0.25) is 5.91 Å². The Labute approximate surface area is 474 Å². The Morgan fingerprint density at radius 3 is 1.23 bits per heavy atom. The van der Waals surface area contributed by atoms with E-state index in [9.17, 15) is 61.0 Å². The van der Waals surface area contributed by atoms with Gasteiger partial charge >= 0.3 is 0 Å². The van der Waals surface area contributed by atoms with Gasteiger partial charge in [0.1, 0.15) is 73.2 Å². The molecule has 0 aliphatic carbocycles. The minimum Gasteiger partial charge on any atom is -0.394 e. The molecule has 0 aromatic rings. The number of nitrogens with one attached hydrogen (secondary N) is 1. The van der Waals surface area contributed by atoms with Gasteiger partial charge in [-0.15, -0.1) is 0 Å². The summed E-state index contributed by atoms with van der Waals surface area (Å²) in [5, 5.41) is 120. The number of ether oxygens (including phenoxy) is 6. The summed E-state index contributed by atoms with van der Waals surface area (Å²) < 4.78 is 34.3. The third kappa shape index (κ3) is 27.9. The number of carbonyl (C=O) groups excluding carboxylic acids is 1. The minimum atomic E-state index is -1.97. The van der Waals surface area contributed by atoms with Crippen LogP contribution >= 0.6 is 0 Å². The Morgan fingerprint density at radius 1 is 0.443 bits per heavy atom. The van der Waals surface area contributed by atoms with Crippen LogP contribution in [-0.2, 0) is 33.2 Å². The highest BCUT2D eigenvalue weighted by atomic mass is 16.8. The number of rotatable bonds is 47. The number of carbonyl (C=O) groups is 1. The minimum absolute atomic E-state index is 0.249. The second kappa shape index (κ2) is 44.1. The molecule has 1 amide bonds. The maximum Gasteiger partial charge on any atom is 0.220 e. The van der Waals surface area contributed by atoms with Gasteiger partial charge in [0.25, 0.3) is 0 Å². The van der Waals surface area contributed by atoms with Crippen molar-refractivity contribution in [3.05, 3.63) is 12.2 Å². The quantitative estimate of drug-likeness (QED) is 0.0240. The van der Waals surface area contributed by atoms with Gasteiger partial charge in [-0.25, -0.2) is 0 Å². The van der Waals surface area contributed by atoms with Gasteiger partial charge in [-0.1, -0.05) is 199 Å². The Balaban J connectivity index is 1.49. The zero-order valence-corrected chi connectivity index (χ0v) is 48.6. The van der Waals surface area contributed by atoms with Crippen molar-refractivity contribution >= 4 is 5.91 Å². The predicted molar refractivity (Wildman–Crippen MR) is 300 cm³/mol. The lowest BCUT2D eigenvalue weighted by molar-refractivity contribution is -0.379. The number of amides is 1. The van der Waals surface area contributed by atoms with Crippen molar-refractivity contribution in [2.24, 2.45) is 0 Å². The van der Waals surface area contributed by atoms with E-state index in [2.05, 4.69) is 31.3 Å². The fourth-order valence-corrected chi connectivity index (χ4v) is 10.9. The zero-order chi connectivity index (χ0) is 57.6. The van der Waals surface area contributed by atoms with Crippen LogP contribution in [0.1, 0.15) is 232 Å². The SMILES string of the molecule is CCCCCCCCC/C=C\CCCCCCCC(=O)NC(COC1OC(CO)C(OC2OC(CO)C(OC3OC(CO)C(O)C(O)C3O)C(O)C2O)C(O)C1O)C(O)CCCCCCCCCCCCCCCCCCCC. The number of unbranched alkanes of at least 4 members (excludes halogenated alkanes) is 29. The van der Waals surface area contributed by atoms with Gasteiger partial charge in [-0.3, -0.25) is 4.79 Å². The second-order valence-electron chi connectivity index (χ2n) is 22.9. The first-order chi connectivity index (χ1) is 38.3. The molecule has 17 atom stereocenters.